The van der Waals surface area contributed by atoms with Crippen molar-refractivity contribution in [2.24, 2.45) is 11.8 Å². The van der Waals surface area contributed by atoms with Crippen molar-refractivity contribution in [2.75, 3.05) is 27.2 Å². The Labute approximate surface area is 319 Å². The predicted octanol–water partition coefficient (Wildman–Crippen LogP) is 2.61. The van der Waals surface area contributed by atoms with E-state index in [0.717, 1.165) is 12.1 Å². The van der Waals surface area contributed by atoms with Crippen LogP contribution in [0.15, 0.2) is 42.2 Å². The lowest BCUT2D eigenvalue weighted by molar-refractivity contribution is -0.267. The number of hydrogen-bond acceptors (Lipinski definition) is 13. The van der Waals surface area contributed by atoms with Gasteiger partial charge in [-0.1, -0.05) is 31.2 Å². The summed E-state index contributed by atoms with van der Waals surface area (Å²) >= 11 is 0. The molecule has 1 fully saturated rings. The van der Waals surface area contributed by atoms with Crippen LogP contribution in [0.4, 0.5) is 0 Å². The number of hydrogen-bond donors (Lipinski definition) is 3. The maximum absolute atomic E-state index is 13.9. The molecular formula is C39H61N7O8. The number of Topliss-reactive ketones (excluding diaryl/α,β-unsaturated/α-hetero) is 1. The van der Waals surface area contributed by atoms with Gasteiger partial charge in [0, 0.05) is 43.8 Å². The second-order valence-corrected chi connectivity index (χ2v) is 15.3. The number of unbranched alkanes of at least 4 members (excludes halogenated alkanes) is 1. The Hall–Kier alpha value is -3.60. The molecule has 2 aliphatic heterocycles. The molecule has 0 saturated carbocycles. The standard InChI is InChI=1S/C39H61N7O8/c1-10-32-39(7,51)36(45(23-47)19-13-14-20-46-22-30(42-43-46)29-15-11-12-17-41-29)28(6)40-18-16-24(2)35(26(4)33(48)27(5)37(50)53-32)54-38-34(49)31(44(8)9)21-25(3)52-38/h11-12,15-17,22-23,25-28,31-32,34-36,38,40,49,51H,10,13-14,18-21H2,1-9H3/b24-16+/t25-,26+,27-,28-,31?,32-,34?,35+,36-,38+,39-/m1/s1. The third-order valence-corrected chi connectivity index (χ3v) is 10.9. The zero-order chi connectivity index (χ0) is 39.7. The molecule has 15 nitrogen and oxygen atoms in total. The number of cyclic esters (lactones) is 1. The predicted molar refractivity (Wildman–Crippen MR) is 202 cm³/mol. The Balaban J connectivity index is 1.56. The molecule has 11 atom stereocenters. The number of amides is 1. The van der Waals surface area contributed by atoms with Gasteiger partial charge in [-0.15, -0.1) is 5.10 Å². The van der Waals surface area contributed by atoms with Crippen molar-refractivity contribution < 1.29 is 38.8 Å². The Kier molecular flexibility index (Phi) is 15.4. The number of ether oxygens (including phenoxy) is 3. The second-order valence-electron chi connectivity index (χ2n) is 15.3. The molecule has 4 rings (SSSR count). The molecule has 0 aromatic carbocycles. The van der Waals surface area contributed by atoms with Crippen molar-refractivity contribution >= 4 is 18.2 Å². The molecule has 4 heterocycles. The Morgan fingerprint density at radius 2 is 1.89 bits per heavy atom. The third-order valence-electron chi connectivity index (χ3n) is 10.9. The number of nitrogens with one attached hydrogen (secondary N) is 1. The van der Waals surface area contributed by atoms with Crippen LogP contribution in [0.2, 0.25) is 0 Å². The minimum absolute atomic E-state index is 0.194. The van der Waals surface area contributed by atoms with Gasteiger partial charge in [0.1, 0.15) is 29.4 Å². The fourth-order valence-electron chi connectivity index (χ4n) is 7.75. The number of nitrogens with zero attached hydrogens (tertiary/aromatic N) is 6. The van der Waals surface area contributed by atoms with Crippen LogP contribution in [-0.4, -0.2) is 140 Å². The van der Waals surface area contributed by atoms with Crippen molar-refractivity contribution in [2.45, 2.75) is 135 Å². The highest BCUT2D eigenvalue weighted by molar-refractivity contribution is 6.00. The van der Waals surface area contributed by atoms with E-state index in [1.54, 1.807) is 36.5 Å². The molecule has 300 valence electrons. The van der Waals surface area contributed by atoms with Gasteiger partial charge in [-0.2, -0.15) is 0 Å². The molecule has 1 amide bonds. The Morgan fingerprint density at radius 3 is 2.54 bits per heavy atom. The molecule has 0 bridgehead atoms. The number of aliphatic hydroxyl groups excluding tert-OH is 1. The highest BCUT2D eigenvalue weighted by atomic mass is 16.7. The lowest BCUT2D eigenvalue weighted by atomic mass is 9.82. The lowest BCUT2D eigenvalue weighted by Gasteiger charge is -2.46. The zero-order valence-electron chi connectivity index (χ0n) is 33.3. The van der Waals surface area contributed by atoms with Gasteiger partial charge in [-0.05, 0) is 92.1 Å². The number of pyridine rings is 1. The maximum Gasteiger partial charge on any atom is 0.316 e. The first kappa shape index (κ1) is 43.1. The van der Waals surface area contributed by atoms with Gasteiger partial charge in [-0.25, -0.2) is 0 Å². The molecule has 0 aliphatic carbocycles. The first-order valence-electron chi connectivity index (χ1n) is 19.1. The van der Waals surface area contributed by atoms with E-state index in [0.29, 0.717) is 50.2 Å². The number of aromatic nitrogens is 4. The number of esters is 1. The molecule has 2 aliphatic rings. The fourth-order valence-corrected chi connectivity index (χ4v) is 7.75. The van der Waals surface area contributed by atoms with Gasteiger partial charge >= 0.3 is 5.97 Å². The average Bonchev–Trinajstić information content (AvgIpc) is 3.62. The van der Waals surface area contributed by atoms with E-state index in [4.69, 9.17) is 14.2 Å². The summed E-state index contributed by atoms with van der Waals surface area (Å²) < 4.78 is 20.2. The van der Waals surface area contributed by atoms with Crippen molar-refractivity contribution in [3.8, 4) is 11.4 Å². The SMILES string of the molecule is CC[C@H]1OC(=O)[C@H](C)C(=O)[C@H](C)[C@@H](O[C@@H]2O[C@H](C)CC(N(C)C)C2O)/C(C)=C/CN[C@H](C)[C@@H](N(C=O)CCCCn2cc(-c3ccccn3)nn2)[C@]1(C)O. The van der Waals surface area contributed by atoms with Gasteiger partial charge in [0.2, 0.25) is 6.41 Å². The van der Waals surface area contributed by atoms with Crippen LogP contribution in [0.1, 0.15) is 74.1 Å². The normalized spacial score (nSPS) is 34.1. The number of likely N-dealkylation sites (N-methyl/N-ethyl adjacent to an activating group) is 1. The number of carbonyl (C=O) groups is 3. The van der Waals surface area contributed by atoms with E-state index in [1.165, 1.54) is 6.92 Å². The van der Waals surface area contributed by atoms with Crippen molar-refractivity contribution in [3.63, 3.8) is 0 Å². The molecule has 2 aromatic heterocycles. The summed E-state index contributed by atoms with van der Waals surface area (Å²) in [6.07, 6.45) is 4.25. The highest BCUT2D eigenvalue weighted by Crippen LogP contribution is 2.32. The maximum atomic E-state index is 13.9. The van der Waals surface area contributed by atoms with E-state index in [9.17, 15) is 24.6 Å². The van der Waals surface area contributed by atoms with E-state index < -0.39 is 65.9 Å². The Bertz CT molecular complexity index is 1550. The topological polar surface area (TPSA) is 181 Å². The van der Waals surface area contributed by atoms with Crippen LogP contribution in [0, 0.1) is 11.8 Å². The third kappa shape index (κ3) is 10.4. The number of ketones is 1. The van der Waals surface area contributed by atoms with Crippen LogP contribution in [-0.2, 0) is 35.1 Å². The van der Waals surface area contributed by atoms with Gasteiger partial charge in [0.15, 0.2) is 12.1 Å². The molecule has 54 heavy (non-hydrogen) atoms. The minimum atomic E-state index is -1.70. The van der Waals surface area contributed by atoms with Crippen molar-refractivity contribution in [3.05, 3.63) is 42.2 Å². The van der Waals surface area contributed by atoms with Crippen LogP contribution in [0.25, 0.3) is 11.4 Å². The van der Waals surface area contributed by atoms with Gasteiger partial charge in [0.25, 0.3) is 0 Å². The molecule has 0 radical (unpaired) electrons. The zero-order valence-corrected chi connectivity index (χ0v) is 33.3. The monoisotopic (exact) mass is 755 g/mol. The summed E-state index contributed by atoms with van der Waals surface area (Å²) in [5, 5.41) is 35.3. The number of aryl methyl sites for hydroxylation is 1. The average molecular weight is 756 g/mol. The van der Waals surface area contributed by atoms with Gasteiger partial charge in [-0.3, -0.25) is 24.0 Å². The number of rotatable bonds is 12. The van der Waals surface area contributed by atoms with Gasteiger partial charge in [0.05, 0.1) is 30.1 Å². The van der Waals surface area contributed by atoms with Gasteiger partial charge < -0.3 is 39.5 Å². The molecule has 0 spiro atoms. The van der Waals surface area contributed by atoms with Crippen LogP contribution in [0.3, 0.4) is 0 Å². The van der Waals surface area contributed by atoms with Crippen LogP contribution in [0.5, 0.6) is 0 Å². The van der Waals surface area contributed by atoms with Crippen LogP contribution < -0.4 is 5.32 Å². The van der Waals surface area contributed by atoms with Crippen LogP contribution >= 0.6 is 0 Å². The molecule has 1 saturated heterocycles. The molecule has 2 aromatic rings. The highest BCUT2D eigenvalue weighted by Gasteiger charge is 2.48. The molecule has 3 N–H and O–H groups in total. The summed E-state index contributed by atoms with van der Waals surface area (Å²) in [5.74, 6) is -3.16. The smallest absolute Gasteiger partial charge is 0.316 e. The van der Waals surface area contributed by atoms with E-state index >= 15 is 0 Å². The van der Waals surface area contributed by atoms with E-state index in [1.807, 2.05) is 70.2 Å². The quantitative estimate of drug-likeness (QED) is 0.0947. The summed E-state index contributed by atoms with van der Waals surface area (Å²) in [4.78, 5) is 48.2. The summed E-state index contributed by atoms with van der Waals surface area (Å²) in [7, 11) is 3.78. The molecular weight excluding hydrogens is 694 g/mol. The minimum Gasteiger partial charge on any atom is -0.459 e. The van der Waals surface area contributed by atoms with Crippen molar-refractivity contribution in [1.82, 2.24) is 35.1 Å². The molecule has 15 heteroatoms. The van der Waals surface area contributed by atoms with E-state index in [2.05, 4.69) is 20.6 Å². The lowest BCUT2D eigenvalue weighted by Crippen LogP contribution is -2.65. The van der Waals surface area contributed by atoms with Crippen molar-refractivity contribution in [1.29, 1.82) is 0 Å². The molecule has 2 unspecified atom stereocenters. The summed E-state index contributed by atoms with van der Waals surface area (Å²) in [6.45, 7) is 13.4. The first-order valence-corrected chi connectivity index (χ1v) is 19.1. The summed E-state index contributed by atoms with van der Waals surface area (Å²) in [6, 6.07) is 4.09. The number of carbonyl (C=O) groups excluding carboxylic acids is 3. The van der Waals surface area contributed by atoms with E-state index in [-0.39, 0.29) is 18.6 Å². The summed E-state index contributed by atoms with van der Waals surface area (Å²) in [5.41, 5.74) is 0.398. The second kappa shape index (κ2) is 19.3. The Morgan fingerprint density at radius 1 is 1.15 bits per heavy atom. The first-order chi connectivity index (χ1) is 25.6. The fraction of sp³-hybridized carbons (Fsp3) is 0.692. The number of aliphatic hydroxyl groups is 2. The largest absolute Gasteiger partial charge is 0.459 e.